The highest BCUT2D eigenvalue weighted by molar-refractivity contribution is 5.97. The number of carbonyl (C=O) groups is 2. The Labute approximate surface area is 209 Å². The smallest absolute Gasteiger partial charge is 0.333 e. The highest BCUT2D eigenvalue weighted by atomic mass is 16.5. The van der Waals surface area contributed by atoms with Crippen molar-refractivity contribution >= 4 is 11.9 Å². The van der Waals surface area contributed by atoms with E-state index in [-0.39, 0.29) is 17.2 Å². The molecule has 3 rings (SSSR count). The van der Waals surface area contributed by atoms with Crippen LogP contribution in [-0.4, -0.2) is 35.1 Å². The number of aromatic nitrogens is 1. The predicted molar refractivity (Wildman–Crippen MR) is 135 cm³/mol. The largest absolute Gasteiger partial charge is 0.503 e. The summed E-state index contributed by atoms with van der Waals surface area (Å²) in [6, 6.07) is 14.8. The van der Waals surface area contributed by atoms with Gasteiger partial charge in [-0.2, -0.15) is 0 Å². The number of carbonyl (C=O) groups excluding carboxylic acids is 2. The lowest BCUT2D eigenvalue weighted by molar-refractivity contribution is -0.141. The molecule has 0 aliphatic heterocycles. The van der Waals surface area contributed by atoms with Crippen LogP contribution in [0.5, 0.6) is 11.5 Å². The molecule has 0 unspecified atom stereocenters. The third-order valence-electron chi connectivity index (χ3n) is 5.40. The Hall–Kier alpha value is -5.01. The van der Waals surface area contributed by atoms with Crippen molar-refractivity contribution in [3.63, 3.8) is 0 Å². The fourth-order valence-corrected chi connectivity index (χ4v) is 3.48. The first kappa shape index (κ1) is 25.6. The van der Waals surface area contributed by atoms with Gasteiger partial charge in [-0.15, -0.1) is 12.8 Å². The maximum absolute atomic E-state index is 12.8. The van der Waals surface area contributed by atoms with Crippen LogP contribution in [-0.2, 0) is 9.53 Å². The normalized spacial score (nSPS) is 11.0. The van der Waals surface area contributed by atoms with Gasteiger partial charge in [-0.05, 0) is 42.3 Å². The number of amides is 1. The molecule has 0 saturated heterocycles. The Morgan fingerprint density at radius 3 is 2.00 bits per heavy atom. The zero-order chi connectivity index (χ0) is 26.2. The molecule has 2 aromatic carbocycles. The Morgan fingerprint density at radius 1 is 1.00 bits per heavy atom. The molecule has 1 amide bonds. The van der Waals surface area contributed by atoms with Crippen LogP contribution in [0.3, 0.4) is 0 Å². The topological polar surface area (TPSA) is 97.8 Å². The van der Waals surface area contributed by atoms with E-state index in [1.165, 1.54) is 26.3 Å². The fourth-order valence-electron chi connectivity index (χ4n) is 3.48. The minimum atomic E-state index is -1.07. The Kier molecular flexibility index (Phi) is 8.12. The van der Waals surface area contributed by atoms with Gasteiger partial charge in [0.15, 0.2) is 17.2 Å². The third kappa shape index (κ3) is 5.72. The summed E-state index contributed by atoms with van der Waals surface area (Å²) in [5.41, 5.74) is 2.71. The van der Waals surface area contributed by atoms with E-state index in [0.717, 1.165) is 11.1 Å². The number of hydrogen-bond acceptors (Lipinski definition) is 6. The van der Waals surface area contributed by atoms with Gasteiger partial charge in [0, 0.05) is 23.4 Å². The maximum Gasteiger partial charge on any atom is 0.333 e. The van der Waals surface area contributed by atoms with Crippen molar-refractivity contribution in [3.05, 3.63) is 101 Å². The summed E-state index contributed by atoms with van der Waals surface area (Å²) in [7, 11) is 1.35. The van der Waals surface area contributed by atoms with E-state index in [2.05, 4.69) is 28.7 Å². The summed E-state index contributed by atoms with van der Waals surface area (Å²) >= 11 is 0. The number of hydrogen-bond donors (Lipinski definition) is 2. The number of nitrogens with zero attached hydrogens (tertiary/aromatic N) is 1. The lowest BCUT2D eigenvalue weighted by Gasteiger charge is -2.22. The Morgan fingerprint density at radius 2 is 1.53 bits per heavy atom. The van der Waals surface area contributed by atoms with Crippen molar-refractivity contribution in [1.82, 2.24) is 10.3 Å². The first-order valence-electron chi connectivity index (χ1n) is 10.9. The van der Waals surface area contributed by atoms with Crippen LogP contribution >= 0.6 is 0 Å². The number of nitrogens with one attached hydrogen (secondary N) is 1. The van der Waals surface area contributed by atoms with Crippen LogP contribution in [0.15, 0.2) is 73.1 Å². The van der Waals surface area contributed by atoms with E-state index in [0.29, 0.717) is 11.1 Å². The molecule has 1 atom stereocenters. The van der Waals surface area contributed by atoms with Crippen molar-refractivity contribution in [1.29, 1.82) is 0 Å². The Balaban J connectivity index is 1.80. The van der Waals surface area contributed by atoms with Crippen LogP contribution in [0.2, 0.25) is 0 Å². The summed E-state index contributed by atoms with van der Waals surface area (Å²) in [5.74, 6) is 2.88. The number of methoxy groups -OCH3 is 1. The summed E-state index contributed by atoms with van der Waals surface area (Å²) in [5, 5.41) is 12.6. The van der Waals surface area contributed by atoms with Gasteiger partial charge in [-0.25, -0.2) is 9.78 Å². The van der Waals surface area contributed by atoms with Gasteiger partial charge in [0.2, 0.25) is 0 Å². The second kappa shape index (κ2) is 11.4. The molecule has 0 fully saturated rings. The van der Waals surface area contributed by atoms with Crippen molar-refractivity contribution in [2.45, 2.75) is 18.9 Å². The van der Waals surface area contributed by atoms with E-state index in [1.807, 2.05) is 24.3 Å². The van der Waals surface area contributed by atoms with Gasteiger partial charge in [-0.3, -0.25) is 4.79 Å². The molecule has 180 valence electrons. The minimum Gasteiger partial charge on any atom is -0.503 e. The average Bonchev–Trinajstić information content (AvgIpc) is 2.89. The van der Waals surface area contributed by atoms with E-state index in [1.54, 1.807) is 24.3 Å². The quantitative estimate of drug-likeness (QED) is 0.289. The highest BCUT2D eigenvalue weighted by Crippen LogP contribution is 2.32. The molecule has 0 saturated carbocycles. The van der Waals surface area contributed by atoms with Gasteiger partial charge in [0.25, 0.3) is 5.91 Å². The molecule has 1 heterocycles. The lowest BCUT2D eigenvalue weighted by atomic mass is 9.89. The van der Waals surface area contributed by atoms with E-state index in [9.17, 15) is 14.7 Å². The molecule has 0 aliphatic carbocycles. The zero-order valence-electron chi connectivity index (χ0n) is 19.8. The molecule has 0 spiro atoms. The van der Waals surface area contributed by atoms with Crippen LogP contribution in [0.25, 0.3) is 0 Å². The van der Waals surface area contributed by atoms with E-state index >= 15 is 0 Å². The predicted octanol–water partition coefficient (Wildman–Crippen LogP) is 3.77. The number of allylic oxidation sites excluding steroid dienone is 1. The van der Waals surface area contributed by atoms with Crippen molar-refractivity contribution < 1.29 is 24.2 Å². The van der Waals surface area contributed by atoms with Crippen molar-refractivity contribution in [3.8, 4) is 36.2 Å². The van der Waals surface area contributed by atoms with E-state index in [4.69, 9.17) is 22.3 Å². The fraction of sp³-hybridized carbons (Fsp3) is 0.138. The van der Waals surface area contributed by atoms with Crippen LogP contribution in [0.1, 0.15) is 45.6 Å². The lowest BCUT2D eigenvalue weighted by Crippen LogP contribution is -2.40. The SMILES string of the molecule is C#Cc1ccc(C(C(=C)OC(=O)[C@H](C)NC(=O)c2nccc(OC)c2O)c2ccc(C#C)cc2)cc1. The first-order chi connectivity index (χ1) is 17.3. The van der Waals surface area contributed by atoms with Gasteiger partial charge in [0.05, 0.1) is 13.0 Å². The molecule has 36 heavy (non-hydrogen) atoms. The monoisotopic (exact) mass is 480 g/mol. The van der Waals surface area contributed by atoms with Gasteiger partial charge < -0.3 is 19.9 Å². The molecule has 1 aromatic heterocycles. The number of esters is 1. The minimum absolute atomic E-state index is 0.0771. The summed E-state index contributed by atoms with van der Waals surface area (Å²) < 4.78 is 10.6. The highest BCUT2D eigenvalue weighted by Gasteiger charge is 2.26. The molecular weight excluding hydrogens is 456 g/mol. The second-order valence-electron chi connectivity index (χ2n) is 7.76. The number of aromatic hydroxyl groups is 1. The molecule has 7 heteroatoms. The summed E-state index contributed by atoms with van der Waals surface area (Å²) in [6.45, 7) is 5.43. The van der Waals surface area contributed by atoms with Crippen LogP contribution < -0.4 is 10.1 Å². The van der Waals surface area contributed by atoms with Crippen LogP contribution in [0, 0.1) is 24.7 Å². The number of benzene rings is 2. The third-order valence-corrected chi connectivity index (χ3v) is 5.40. The molecule has 7 nitrogen and oxygen atoms in total. The molecule has 0 bridgehead atoms. The summed E-state index contributed by atoms with van der Waals surface area (Å²) in [4.78, 5) is 29.3. The number of terminal acetylenes is 2. The molecular formula is C29H24N2O5. The Bertz CT molecular complexity index is 1310. The molecule has 0 aliphatic rings. The number of pyridine rings is 1. The van der Waals surface area contributed by atoms with Gasteiger partial charge in [-0.1, -0.05) is 42.7 Å². The molecule has 3 aromatic rings. The van der Waals surface area contributed by atoms with E-state index < -0.39 is 29.6 Å². The average molecular weight is 481 g/mol. The first-order valence-corrected chi connectivity index (χ1v) is 10.9. The standard InChI is InChI=1S/C29H24N2O5/c1-6-20-8-12-22(13-9-20)25(23-14-10-21(7-2)11-15-23)19(4)36-29(34)18(3)31-28(33)26-27(32)24(35-5)16-17-30-26/h1-2,8-18,25,32H,4H2,3,5H3,(H,31,33)/t18-/m0/s1. The summed E-state index contributed by atoms with van der Waals surface area (Å²) in [6.07, 6.45) is 12.2. The second-order valence-corrected chi connectivity index (χ2v) is 7.76. The van der Waals surface area contributed by atoms with Crippen LogP contribution in [0.4, 0.5) is 0 Å². The van der Waals surface area contributed by atoms with Gasteiger partial charge in [0.1, 0.15) is 11.8 Å². The number of ether oxygens (including phenoxy) is 2. The van der Waals surface area contributed by atoms with Crippen molar-refractivity contribution in [2.75, 3.05) is 7.11 Å². The number of rotatable bonds is 8. The maximum atomic E-state index is 12.8. The van der Waals surface area contributed by atoms with Gasteiger partial charge >= 0.3 is 5.97 Å². The molecule has 0 radical (unpaired) electrons. The molecule has 2 N–H and O–H groups in total. The zero-order valence-corrected chi connectivity index (χ0v) is 19.8. The van der Waals surface area contributed by atoms with Crippen molar-refractivity contribution in [2.24, 2.45) is 0 Å².